The first-order valence-corrected chi connectivity index (χ1v) is 6.71. The van der Waals surface area contributed by atoms with Gasteiger partial charge in [-0.2, -0.15) is 0 Å². The highest BCUT2D eigenvalue weighted by Crippen LogP contribution is 2.30. The van der Waals surface area contributed by atoms with E-state index in [1.807, 2.05) is 35.7 Å². The van der Waals surface area contributed by atoms with Crippen LogP contribution >= 0.6 is 22.9 Å². The molecule has 0 fully saturated rings. The van der Waals surface area contributed by atoms with Crippen LogP contribution in [-0.2, 0) is 0 Å². The van der Waals surface area contributed by atoms with Gasteiger partial charge >= 0.3 is 0 Å². The highest BCUT2D eigenvalue weighted by atomic mass is 35.5. The van der Waals surface area contributed by atoms with Crippen molar-refractivity contribution >= 4 is 34.0 Å². The van der Waals surface area contributed by atoms with E-state index in [-0.39, 0.29) is 6.04 Å². The van der Waals surface area contributed by atoms with Crippen molar-refractivity contribution in [3.63, 3.8) is 0 Å². The number of para-hydroxylation sites is 2. The van der Waals surface area contributed by atoms with Crippen molar-refractivity contribution < 1.29 is 0 Å². The molecule has 1 aromatic carbocycles. The lowest BCUT2D eigenvalue weighted by Gasteiger charge is -2.10. The minimum Gasteiger partial charge on any atom is -0.318 e. The van der Waals surface area contributed by atoms with Gasteiger partial charge in [-0.05, 0) is 23.6 Å². The molecule has 2 heterocycles. The Hall–Kier alpha value is -1.49. The number of rotatable bonds is 2. The second-order valence-corrected chi connectivity index (χ2v) is 5.25. The first kappa shape index (κ1) is 11.6. The molecule has 0 aliphatic carbocycles. The normalized spacial score (nSPS) is 12.8. The molecule has 90 valence electrons. The van der Waals surface area contributed by atoms with Crippen molar-refractivity contribution in [1.82, 2.24) is 9.97 Å². The Balaban J connectivity index is 2.07. The molecule has 0 saturated carbocycles. The molecule has 3 aromatic rings. The number of fused-ring (bicyclic) bond motifs is 1. The molecule has 3 nitrogen and oxygen atoms in total. The number of nitrogens with two attached hydrogens (primary N) is 1. The summed E-state index contributed by atoms with van der Waals surface area (Å²) < 4.78 is 0. The average molecular weight is 276 g/mol. The Kier molecular flexibility index (Phi) is 2.99. The Morgan fingerprint density at radius 2 is 1.94 bits per heavy atom. The number of thiophene rings is 1. The van der Waals surface area contributed by atoms with Crippen LogP contribution in [0.1, 0.15) is 16.6 Å². The van der Waals surface area contributed by atoms with Crippen molar-refractivity contribution in [2.75, 3.05) is 0 Å². The number of hydrogen-bond acceptors (Lipinski definition) is 4. The largest absolute Gasteiger partial charge is 0.318 e. The van der Waals surface area contributed by atoms with E-state index in [1.165, 1.54) is 11.3 Å². The Bertz CT molecular complexity index is 695. The van der Waals surface area contributed by atoms with E-state index >= 15 is 0 Å². The van der Waals surface area contributed by atoms with Crippen molar-refractivity contribution in [3.05, 3.63) is 57.5 Å². The second-order valence-electron chi connectivity index (χ2n) is 3.89. The van der Waals surface area contributed by atoms with E-state index in [4.69, 9.17) is 17.3 Å². The van der Waals surface area contributed by atoms with Crippen LogP contribution in [0.5, 0.6) is 0 Å². The van der Waals surface area contributed by atoms with Crippen molar-refractivity contribution in [2.45, 2.75) is 6.04 Å². The van der Waals surface area contributed by atoms with Gasteiger partial charge in [0.1, 0.15) is 0 Å². The molecule has 0 spiro atoms. The topological polar surface area (TPSA) is 51.8 Å². The molecule has 0 radical (unpaired) electrons. The summed E-state index contributed by atoms with van der Waals surface area (Å²) >= 11 is 7.62. The molecule has 0 saturated heterocycles. The molecule has 18 heavy (non-hydrogen) atoms. The summed E-state index contributed by atoms with van der Waals surface area (Å²) in [6.45, 7) is 0. The monoisotopic (exact) mass is 275 g/mol. The third-order valence-electron chi connectivity index (χ3n) is 2.71. The molecule has 1 atom stereocenters. The highest BCUT2D eigenvalue weighted by Gasteiger charge is 2.16. The quantitative estimate of drug-likeness (QED) is 0.780. The average Bonchev–Trinajstić information content (AvgIpc) is 2.83. The zero-order valence-electron chi connectivity index (χ0n) is 9.38. The van der Waals surface area contributed by atoms with Crippen molar-refractivity contribution in [3.8, 4) is 0 Å². The van der Waals surface area contributed by atoms with E-state index in [0.29, 0.717) is 5.02 Å². The fraction of sp³-hybridized carbons (Fsp3) is 0.0769. The number of nitrogens with zero attached hydrogens (tertiary/aromatic N) is 2. The summed E-state index contributed by atoms with van der Waals surface area (Å²) in [5, 5.41) is 2.61. The SMILES string of the molecule is NC(c1cnc2ccccc2n1)c1sccc1Cl. The van der Waals surface area contributed by atoms with Gasteiger partial charge in [-0.1, -0.05) is 23.7 Å². The summed E-state index contributed by atoms with van der Waals surface area (Å²) in [6.07, 6.45) is 1.71. The lowest BCUT2D eigenvalue weighted by atomic mass is 10.2. The van der Waals surface area contributed by atoms with Crippen LogP contribution in [0.2, 0.25) is 5.02 Å². The standard InChI is InChI=1S/C13H10ClN3S/c14-8-5-6-18-13(8)12(15)11-7-16-9-3-1-2-4-10(9)17-11/h1-7,12H,15H2. The fourth-order valence-corrected chi connectivity index (χ4v) is 2.97. The van der Waals surface area contributed by atoms with Crippen molar-refractivity contribution in [1.29, 1.82) is 0 Å². The van der Waals surface area contributed by atoms with E-state index < -0.39 is 0 Å². The van der Waals surface area contributed by atoms with Crippen LogP contribution in [0.25, 0.3) is 11.0 Å². The predicted molar refractivity (Wildman–Crippen MR) is 74.9 cm³/mol. The van der Waals surface area contributed by atoms with Gasteiger partial charge in [0.25, 0.3) is 0 Å². The lowest BCUT2D eigenvalue weighted by Crippen LogP contribution is -2.13. The van der Waals surface area contributed by atoms with E-state index in [0.717, 1.165) is 21.6 Å². The summed E-state index contributed by atoms with van der Waals surface area (Å²) in [5.74, 6) is 0. The van der Waals surface area contributed by atoms with Crippen LogP contribution in [0.3, 0.4) is 0 Å². The Morgan fingerprint density at radius 3 is 2.67 bits per heavy atom. The zero-order chi connectivity index (χ0) is 12.5. The third kappa shape index (κ3) is 1.99. The summed E-state index contributed by atoms with van der Waals surface area (Å²) in [4.78, 5) is 9.81. The molecule has 2 aromatic heterocycles. The maximum atomic E-state index is 6.18. The van der Waals surface area contributed by atoms with E-state index in [2.05, 4.69) is 9.97 Å². The molecule has 5 heteroatoms. The summed E-state index contributed by atoms with van der Waals surface area (Å²) in [5.41, 5.74) is 8.62. The summed E-state index contributed by atoms with van der Waals surface area (Å²) in [6, 6.07) is 9.24. The Labute approximate surface area is 113 Å². The first-order chi connectivity index (χ1) is 8.75. The number of hydrogen-bond donors (Lipinski definition) is 1. The first-order valence-electron chi connectivity index (χ1n) is 5.46. The maximum absolute atomic E-state index is 6.18. The molecule has 3 rings (SSSR count). The second kappa shape index (κ2) is 4.65. The maximum Gasteiger partial charge on any atom is 0.0891 e. The molecule has 0 aliphatic heterocycles. The van der Waals surface area contributed by atoms with Gasteiger partial charge in [-0.15, -0.1) is 11.3 Å². The molecule has 2 N–H and O–H groups in total. The van der Waals surface area contributed by atoms with Crippen LogP contribution in [0, 0.1) is 0 Å². The van der Waals surface area contributed by atoms with Gasteiger partial charge in [0.2, 0.25) is 0 Å². The smallest absolute Gasteiger partial charge is 0.0891 e. The lowest BCUT2D eigenvalue weighted by molar-refractivity contribution is 0.846. The van der Waals surface area contributed by atoms with Gasteiger partial charge in [-0.25, -0.2) is 4.98 Å². The minimum atomic E-state index is -0.324. The number of halogens is 1. The molecular formula is C13H10ClN3S. The van der Waals surface area contributed by atoms with E-state index in [1.54, 1.807) is 6.20 Å². The summed E-state index contributed by atoms with van der Waals surface area (Å²) in [7, 11) is 0. The molecule has 0 aliphatic rings. The fourth-order valence-electron chi connectivity index (χ4n) is 1.78. The minimum absolute atomic E-state index is 0.324. The van der Waals surface area contributed by atoms with Crippen LogP contribution in [0.15, 0.2) is 41.9 Å². The third-order valence-corrected chi connectivity index (χ3v) is 4.15. The van der Waals surface area contributed by atoms with Crippen LogP contribution in [-0.4, -0.2) is 9.97 Å². The van der Waals surface area contributed by atoms with Gasteiger partial charge in [0, 0.05) is 4.88 Å². The molecular weight excluding hydrogens is 266 g/mol. The molecule has 0 amide bonds. The van der Waals surface area contributed by atoms with Crippen molar-refractivity contribution in [2.24, 2.45) is 5.73 Å². The zero-order valence-corrected chi connectivity index (χ0v) is 10.9. The number of aromatic nitrogens is 2. The number of benzene rings is 1. The van der Waals surface area contributed by atoms with E-state index in [9.17, 15) is 0 Å². The van der Waals surface area contributed by atoms with Crippen LogP contribution in [0.4, 0.5) is 0 Å². The molecule has 0 bridgehead atoms. The van der Waals surface area contributed by atoms with Gasteiger partial charge in [-0.3, -0.25) is 4.98 Å². The molecule has 1 unspecified atom stereocenters. The predicted octanol–water partition coefficient (Wildman–Crippen LogP) is 3.39. The van der Waals surface area contributed by atoms with Gasteiger partial charge < -0.3 is 5.73 Å². The Morgan fingerprint density at radius 1 is 1.17 bits per heavy atom. The van der Waals surface area contributed by atoms with Gasteiger partial charge in [0.15, 0.2) is 0 Å². The van der Waals surface area contributed by atoms with Gasteiger partial charge in [0.05, 0.1) is 34.0 Å². The highest BCUT2D eigenvalue weighted by molar-refractivity contribution is 7.10. The van der Waals surface area contributed by atoms with Crippen LogP contribution < -0.4 is 5.73 Å².